The lowest BCUT2D eigenvalue weighted by Gasteiger charge is -2.20. The van der Waals surface area contributed by atoms with Gasteiger partial charge >= 0.3 is 5.97 Å². The van der Waals surface area contributed by atoms with Crippen molar-refractivity contribution in [3.63, 3.8) is 0 Å². The van der Waals surface area contributed by atoms with Crippen LogP contribution in [-0.4, -0.2) is 34.2 Å². The molecule has 92 valence electrons. The first-order valence-electron chi connectivity index (χ1n) is 5.37. The van der Waals surface area contributed by atoms with Crippen LogP contribution in [0.3, 0.4) is 0 Å². The number of hydrogen-bond donors (Lipinski definition) is 2. The van der Waals surface area contributed by atoms with Crippen LogP contribution in [0.5, 0.6) is 5.75 Å². The van der Waals surface area contributed by atoms with Crippen molar-refractivity contribution in [3.05, 3.63) is 42.0 Å². The average molecular weight is 235 g/mol. The first-order chi connectivity index (χ1) is 8.04. The molecule has 0 aliphatic rings. The fourth-order valence-electron chi connectivity index (χ4n) is 1.67. The Morgan fingerprint density at radius 1 is 1.53 bits per heavy atom. The highest BCUT2D eigenvalue weighted by Gasteiger charge is 2.12. The Balaban J connectivity index is 2.85. The van der Waals surface area contributed by atoms with E-state index in [-0.39, 0.29) is 12.3 Å². The molecule has 1 aromatic rings. The van der Waals surface area contributed by atoms with Crippen LogP contribution in [0.25, 0.3) is 0 Å². The molecule has 0 heterocycles. The van der Waals surface area contributed by atoms with Crippen molar-refractivity contribution in [1.29, 1.82) is 0 Å². The summed E-state index contributed by atoms with van der Waals surface area (Å²) in [5.74, 6) is -0.690. The largest absolute Gasteiger partial charge is 0.508 e. The van der Waals surface area contributed by atoms with Gasteiger partial charge in [0.2, 0.25) is 0 Å². The maximum atomic E-state index is 10.7. The summed E-state index contributed by atoms with van der Waals surface area (Å²) in [7, 11) is 0. The van der Waals surface area contributed by atoms with E-state index < -0.39 is 5.97 Å². The standard InChI is InChI=1S/C13H17NO3/c1-3-7-14(9-13(16)17)8-11-10(2)5-4-6-12(11)15/h3-6,15H,1,7-9H2,2H3,(H,16,17). The number of carboxylic acid groups (broad SMARTS) is 1. The molecule has 0 amide bonds. The zero-order valence-corrected chi connectivity index (χ0v) is 9.89. The van der Waals surface area contributed by atoms with Crippen LogP contribution in [0.1, 0.15) is 11.1 Å². The van der Waals surface area contributed by atoms with E-state index in [1.54, 1.807) is 23.1 Å². The molecule has 0 aliphatic heterocycles. The number of aliphatic carboxylic acids is 1. The smallest absolute Gasteiger partial charge is 0.317 e. The third-order valence-corrected chi connectivity index (χ3v) is 2.51. The van der Waals surface area contributed by atoms with E-state index in [0.29, 0.717) is 13.1 Å². The Morgan fingerprint density at radius 2 is 2.24 bits per heavy atom. The molecule has 0 bridgehead atoms. The Labute approximate surface area is 101 Å². The second-order valence-corrected chi connectivity index (χ2v) is 3.92. The van der Waals surface area contributed by atoms with Crippen molar-refractivity contribution >= 4 is 5.97 Å². The molecule has 0 aromatic heterocycles. The van der Waals surface area contributed by atoms with Gasteiger partial charge in [0.15, 0.2) is 0 Å². The van der Waals surface area contributed by atoms with Gasteiger partial charge in [0.25, 0.3) is 0 Å². The van der Waals surface area contributed by atoms with Gasteiger partial charge in [0.1, 0.15) is 5.75 Å². The average Bonchev–Trinajstić information content (AvgIpc) is 2.23. The summed E-state index contributed by atoms with van der Waals surface area (Å²) in [4.78, 5) is 12.4. The van der Waals surface area contributed by atoms with E-state index in [1.165, 1.54) is 0 Å². The number of phenolic OH excluding ortho intramolecular Hbond substituents is 1. The molecule has 1 rings (SSSR count). The van der Waals surface area contributed by atoms with Crippen molar-refractivity contribution in [2.24, 2.45) is 0 Å². The topological polar surface area (TPSA) is 60.8 Å². The highest BCUT2D eigenvalue weighted by molar-refractivity contribution is 5.69. The van der Waals surface area contributed by atoms with E-state index in [1.807, 2.05) is 13.0 Å². The summed E-state index contributed by atoms with van der Waals surface area (Å²) < 4.78 is 0. The quantitative estimate of drug-likeness (QED) is 0.738. The van der Waals surface area contributed by atoms with Crippen LogP contribution in [0, 0.1) is 6.92 Å². The highest BCUT2D eigenvalue weighted by Crippen LogP contribution is 2.22. The van der Waals surface area contributed by atoms with Gasteiger partial charge in [-0.05, 0) is 18.6 Å². The van der Waals surface area contributed by atoms with Gasteiger partial charge in [-0.2, -0.15) is 0 Å². The van der Waals surface area contributed by atoms with E-state index in [9.17, 15) is 9.90 Å². The number of carboxylic acids is 1. The maximum Gasteiger partial charge on any atom is 0.317 e. The van der Waals surface area contributed by atoms with Gasteiger partial charge in [0, 0.05) is 18.7 Å². The van der Waals surface area contributed by atoms with Crippen LogP contribution >= 0.6 is 0 Å². The number of aryl methyl sites for hydroxylation is 1. The predicted molar refractivity (Wildman–Crippen MR) is 66.0 cm³/mol. The van der Waals surface area contributed by atoms with Crippen LogP contribution in [0.2, 0.25) is 0 Å². The Kier molecular flexibility index (Phi) is 4.72. The van der Waals surface area contributed by atoms with E-state index >= 15 is 0 Å². The van der Waals surface area contributed by atoms with Crippen LogP contribution in [0.15, 0.2) is 30.9 Å². The lowest BCUT2D eigenvalue weighted by molar-refractivity contribution is -0.138. The lowest BCUT2D eigenvalue weighted by Crippen LogP contribution is -2.29. The van der Waals surface area contributed by atoms with Crippen molar-refractivity contribution in [2.45, 2.75) is 13.5 Å². The maximum absolute atomic E-state index is 10.7. The molecule has 0 aliphatic carbocycles. The molecule has 1 aromatic carbocycles. The predicted octanol–water partition coefficient (Wildman–Crippen LogP) is 1.77. The van der Waals surface area contributed by atoms with Crippen molar-refractivity contribution in [3.8, 4) is 5.75 Å². The number of hydrogen-bond acceptors (Lipinski definition) is 3. The first-order valence-corrected chi connectivity index (χ1v) is 5.37. The van der Waals surface area contributed by atoms with E-state index in [0.717, 1.165) is 11.1 Å². The number of rotatable bonds is 6. The Bertz CT molecular complexity index is 395. The number of aromatic hydroxyl groups is 1. The molecule has 2 N–H and O–H groups in total. The molecule has 0 atom stereocenters. The summed E-state index contributed by atoms with van der Waals surface area (Å²) >= 11 is 0. The summed E-state index contributed by atoms with van der Waals surface area (Å²) in [6.07, 6.45) is 1.65. The molecular weight excluding hydrogens is 218 g/mol. The Hall–Kier alpha value is -1.81. The zero-order valence-electron chi connectivity index (χ0n) is 9.89. The molecule has 0 radical (unpaired) electrons. The normalized spacial score (nSPS) is 10.5. The van der Waals surface area contributed by atoms with Gasteiger partial charge in [-0.25, -0.2) is 0 Å². The SMILES string of the molecule is C=CCN(CC(=O)O)Cc1c(C)cccc1O. The number of carbonyl (C=O) groups is 1. The van der Waals surface area contributed by atoms with Gasteiger partial charge in [-0.15, -0.1) is 6.58 Å². The molecule has 0 fully saturated rings. The molecule has 4 nitrogen and oxygen atoms in total. The number of phenols is 1. The number of nitrogens with zero attached hydrogens (tertiary/aromatic N) is 1. The molecule has 0 saturated heterocycles. The van der Waals surface area contributed by atoms with Crippen LogP contribution in [0.4, 0.5) is 0 Å². The molecular formula is C13H17NO3. The van der Waals surface area contributed by atoms with Crippen LogP contribution < -0.4 is 0 Å². The lowest BCUT2D eigenvalue weighted by atomic mass is 10.1. The van der Waals surface area contributed by atoms with Crippen molar-refractivity contribution in [1.82, 2.24) is 4.90 Å². The van der Waals surface area contributed by atoms with Crippen LogP contribution in [-0.2, 0) is 11.3 Å². The van der Waals surface area contributed by atoms with Crippen molar-refractivity contribution in [2.75, 3.05) is 13.1 Å². The minimum atomic E-state index is -0.889. The zero-order chi connectivity index (χ0) is 12.8. The molecule has 0 spiro atoms. The second kappa shape index (κ2) is 6.06. The third kappa shape index (κ3) is 3.92. The minimum Gasteiger partial charge on any atom is -0.508 e. The molecule has 0 saturated carbocycles. The second-order valence-electron chi connectivity index (χ2n) is 3.92. The summed E-state index contributed by atoms with van der Waals surface area (Å²) in [5, 5.41) is 18.5. The van der Waals surface area contributed by atoms with Crippen molar-refractivity contribution < 1.29 is 15.0 Å². The summed E-state index contributed by atoms with van der Waals surface area (Å²) in [6, 6.07) is 5.26. The van der Waals surface area contributed by atoms with E-state index in [2.05, 4.69) is 6.58 Å². The molecule has 17 heavy (non-hydrogen) atoms. The molecule has 4 heteroatoms. The highest BCUT2D eigenvalue weighted by atomic mass is 16.4. The summed E-state index contributed by atoms with van der Waals surface area (Å²) in [6.45, 7) is 6.29. The van der Waals surface area contributed by atoms with Gasteiger partial charge in [0.05, 0.1) is 6.54 Å². The van der Waals surface area contributed by atoms with Gasteiger partial charge in [-0.3, -0.25) is 9.69 Å². The first kappa shape index (κ1) is 13.3. The number of benzene rings is 1. The molecule has 0 unspecified atom stereocenters. The third-order valence-electron chi connectivity index (χ3n) is 2.51. The van der Waals surface area contributed by atoms with E-state index in [4.69, 9.17) is 5.11 Å². The van der Waals surface area contributed by atoms with Gasteiger partial charge in [-0.1, -0.05) is 18.2 Å². The Morgan fingerprint density at radius 3 is 2.76 bits per heavy atom. The van der Waals surface area contributed by atoms with Gasteiger partial charge < -0.3 is 10.2 Å². The monoisotopic (exact) mass is 235 g/mol. The fourth-order valence-corrected chi connectivity index (χ4v) is 1.67. The summed E-state index contributed by atoms with van der Waals surface area (Å²) in [5.41, 5.74) is 1.71. The fraction of sp³-hybridized carbons (Fsp3) is 0.308. The minimum absolute atomic E-state index is 0.0696.